The zero-order chi connectivity index (χ0) is 17.2. The number of morpholine rings is 1. The van der Waals surface area contributed by atoms with Crippen LogP contribution in [0.5, 0.6) is 0 Å². The molecule has 1 atom stereocenters. The smallest absolute Gasteiger partial charge is 0.229 e. The summed E-state index contributed by atoms with van der Waals surface area (Å²) in [4.78, 5) is 18.9. The van der Waals surface area contributed by atoms with E-state index in [0.29, 0.717) is 16.8 Å². The predicted molar refractivity (Wildman–Crippen MR) is 101 cm³/mol. The summed E-state index contributed by atoms with van der Waals surface area (Å²) < 4.78 is 5.50. The molecule has 0 radical (unpaired) electrons. The number of fused-ring (bicyclic) bond motifs is 1. The molecule has 2 fully saturated rings. The lowest BCUT2D eigenvalue weighted by Crippen LogP contribution is -2.41. The molecular formula is C18H24ClN5O. The second kappa shape index (κ2) is 7.30. The van der Waals surface area contributed by atoms with Crippen LogP contribution in [0.4, 0.5) is 11.8 Å². The standard InChI is InChI=1S/C18H24ClN5O/c1-2-13-5-3-4-8-24(13)18-21-16-14(6-7-15(19)20-16)17(22-18)23-9-11-25-12-10-23/h6-7,13H,2-5,8-12H2,1H3. The summed E-state index contributed by atoms with van der Waals surface area (Å²) in [6.07, 6.45) is 4.78. The molecule has 134 valence electrons. The van der Waals surface area contributed by atoms with E-state index in [2.05, 4.69) is 21.7 Å². The minimum atomic E-state index is 0.468. The van der Waals surface area contributed by atoms with Crippen LogP contribution in [-0.2, 0) is 4.74 Å². The molecule has 2 aromatic rings. The predicted octanol–water partition coefficient (Wildman–Crippen LogP) is 3.28. The van der Waals surface area contributed by atoms with Gasteiger partial charge >= 0.3 is 0 Å². The van der Waals surface area contributed by atoms with Crippen LogP contribution in [0.1, 0.15) is 32.6 Å². The molecule has 0 amide bonds. The lowest BCUT2D eigenvalue weighted by Gasteiger charge is -2.36. The number of rotatable bonds is 3. The third-order valence-corrected chi connectivity index (χ3v) is 5.37. The zero-order valence-corrected chi connectivity index (χ0v) is 15.4. The van der Waals surface area contributed by atoms with Crippen LogP contribution in [0, 0.1) is 0 Å². The lowest BCUT2D eigenvalue weighted by molar-refractivity contribution is 0.122. The fourth-order valence-corrected chi connectivity index (χ4v) is 3.94. The van der Waals surface area contributed by atoms with Crippen molar-refractivity contribution < 1.29 is 4.74 Å². The molecule has 2 saturated heterocycles. The first kappa shape index (κ1) is 16.8. The number of pyridine rings is 1. The molecule has 0 N–H and O–H groups in total. The van der Waals surface area contributed by atoms with E-state index in [1.54, 1.807) is 0 Å². The van der Waals surface area contributed by atoms with Gasteiger partial charge in [0, 0.05) is 25.7 Å². The summed E-state index contributed by atoms with van der Waals surface area (Å²) in [5.41, 5.74) is 0.680. The molecule has 1 unspecified atom stereocenters. The molecule has 0 spiro atoms. The molecule has 2 aliphatic rings. The number of piperidine rings is 1. The van der Waals surface area contributed by atoms with E-state index in [1.165, 1.54) is 19.3 Å². The second-order valence-electron chi connectivity index (χ2n) is 6.70. The Morgan fingerprint density at radius 1 is 1.12 bits per heavy atom. The third kappa shape index (κ3) is 3.37. The number of aromatic nitrogens is 3. The maximum atomic E-state index is 6.13. The molecular weight excluding hydrogens is 338 g/mol. The first-order valence-electron chi connectivity index (χ1n) is 9.20. The van der Waals surface area contributed by atoms with Crippen LogP contribution >= 0.6 is 11.6 Å². The van der Waals surface area contributed by atoms with E-state index in [-0.39, 0.29) is 0 Å². The van der Waals surface area contributed by atoms with Gasteiger partial charge in [-0.2, -0.15) is 9.97 Å². The highest BCUT2D eigenvalue weighted by atomic mass is 35.5. The van der Waals surface area contributed by atoms with Gasteiger partial charge < -0.3 is 14.5 Å². The largest absolute Gasteiger partial charge is 0.378 e. The van der Waals surface area contributed by atoms with Gasteiger partial charge in [-0.1, -0.05) is 18.5 Å². The SMILES string of the molecule is CCC1CCCCN1c1nc(N2CCOCC2)c2ccc(Cl)nc2n1. The van der Waals surface area contributed by atoms with Crippen LogP contribution in [0.3, 0.4) is 0 Å². The van der Waals surface area contributed by atoms with E-state index < -0.39 is 0 Å². The molecule has 2 aromatic heterocycles. The fourth-order valence-electron chi connectivity index (χ4n) is 3.79. The fraction of sp³-hybridized carbons (Fsp3) is 0.611. The van der Waals surface area contributed by atoms with Crippen LogP contribution in [0.2, 0.25) is 5.15 Å². The zero-order valence-electron chi connectivity index (χ0n) is 14.6. The van der Waals surface area contributed by atoms with Crippen molar-refractivity contribution in [2.45, 2.75) is 38.6 Å². The van der Waals surface area contributed by atoms with Crippen LogP contribution < -0.4 is 9.80 Å². The highest BCUT2D eigenvalue weighted by Gasteiger charge is 2.26. The summed E-state index contributed by atoms with van der Waals surface area (Å²) in [5, 5.41) is 1.43. The summed E-state index contributed by atoms with van der Waals surface area (Å²) in [5.74, 6) is 1.74. The molecule has 25 heavy (non-hydrogen) atoms. The maximum Gasteiger partial charge on any atom is 0.229 e. The Hall–Kier alpha value is -1.66. The van der Waals surface area contributed by atoms with Crippen molar-refractivity contribution in [2.24, 2.45) is 0 Å². The second-order valence-corrected chi connectivity index (χ2v) is 7.09. The Labute approximate surface area is 153 Å². The van der Waals surface area contributed by atoms with E-state index in [1.807, 2.05) is 12.1 Å². The van der Waals surface area contributed by atoms with Crippen molar-refractivity contribution in [3.8, 4) is 0 Å². The van der Waals surface area contributed by atoms with Crippen molar-refractivity contribution in [2.75, 3.05) is 42.6 Å². The number of nitrogens with zero attached hydrogens (tertiary/aromatic N) is 5. The summed E-state index contributed by atoms with van der Waals surface area (Å²) in [6.45, 7) is 6.37. The Morgan fingerprint density at radius 2 is 1.96 bits per heavy atom. The molecule has 6 nitrogen and oxygen atoms in total. The first-order valence-corrected chi connectivity index (χ1v) is 9.57. The monoisotopic (exact) mass is 361 g/mol. The van der Waals surface area contributed by atoms with Gasteiger partial charge in [0.1, 0.15) is 11.0 Å². The number of anilines is 2. The van der Waals surface area contributed by atoms with E-state index in [0.717, 1.165) is 56.4 Å². The van der Waals surface area contributed by atoms with Gasteiger partial charge in [-0.3, -0.25) is 0 Å². The molecule has 0 bridgehead atoms. The minimum Gasteiger partial charge on any atom is -0.378 e. The van der Waals surface area contributed by atoms with E-state index in [9.17, 15) is 0 Å². The van der Waals surface area contributed by atoms with E-state index >= 15 is 0 Å². The Bertz CT molecular complexity index is 750. The molecule has 4 rings (SSSR count). The topological polar surface area (TPSA) is 54.4 Å². The van der Waals surface area contributed by atoms with Crippen molar-refractivity contribution in [1.29, 1.82) is 0 Å². The molecule has 0 aromatic carbocycles. The lowest BCUT2D eigenvalue weighted by atomic mass is 10.0. The van der Waals surface area contributed by atoms with Gasteiger partial charge in [0.25, 0.3) is 0 Å². The van der Waals surface area contributed by atoms with E-state index in [4.69, 9.17) is 26.3 Å². The first-order chi connectivity index (χ1) is 12.3. The molecule has 7 heteroatoms. The van der Waals surface area contributed by atoms with Gasteiger partial charge in [0.2, 0.25) is 5.95 Å². The highest BCUT2D eigenvalue weighted by molar-refractivity contribution is 6.29. The summed E-state index contributed by atoms with van der Waals surface area (Å²) in [7, 11) is 0. The highest BCUT2D eigenvalue weighted by Crippen LogP contribution is 2.30. The number of hydrogen-bond donors (Lipinski definition) is 0. The summed E-state index contributed by atoms with van der Waals surface area (Å²) >= 11 is 6.13. The quantitative estimate of drug-likeness (QED) is 0.782. The van der Waals surface area contributed by atoms with Crippen LogP contribution in [0.15, 0.2) is 12.1 Å². The molecule has 4 heterocycles. The maximum absolute atomic E-state index is 6.13. The number of hydrogen-bond acceptors (Lipinski definition) is 6. The Balaban J connectivity index is 1.81. The van der Waals surface area contributed by atoms with Gasteiger partial charge in [0.15, 0.2) is 5.65 Å². The number of halogens is 1. The molecule has 2 aliphatic heterocycles. The average molecular weight is 362 g/mol. The third-order valence-electron chi connectivity index (χ3n) is 5.16. The number of ether oxygens (including phenoxy) is 1. The van der Waals surface area contributed by atoms with Gasteiger partial charge in [-0.25, -0.2) is 4.98 Å². The average Bonchev–Trinajstić information content (AvgIpc) is 2.67. The van der Waals surface area contributed by atoms with Crippen LogP contribution in [0.25, 0.3) is 11.0 Å². The van der Waals surface area contributed by atoms with Crippen molar-refractivity contribution >= 4 is 34.4 Å². The van der Waals surface area contributed by atoms with Crippen molar-refractivity contribution in [3.63, 3.8) is 0 Å². The Kier molecular flexibility index (Phi) is 4.90. The van der Waals surface area contributed by atoms with Gasteiger partial charge in [0.05, 0.1) is 18.6 Å². The molecule has 0 saturated carbocycles. The van der Waals surface area contributed by atoms with Crippen molar-refractivity contribution in [1.82, 2.24) is 15.0 Å². The molecule has 0 aliphatic carbocycles. The normalized spacial score (nSPS) is 21.8. The van der Waals surface area contributed by atoms with Gasteiger partial charge in [-0.15, -0.1) is 0 Å². The summed E-state index contributed by atoms with van der Waals surface area (Å²) in [6, 6.07) is 4.29. The Morgan fingerprint density at radius 3 is 2.76 bits per heavy atom. The van der Waals surface area contributed by atoms with Crippen molar-refractivity contribution in [3.05, 3.63) is 17.3 Å². The van der Waals surface area contributed by atoms with Crippen LogP contribution in [-0.4, -0.2) is 53.8 Å². The van der Waals surface area contributed by atoms with Gasteiger partial charge in [-0.05, 0) is 37.8 Å². The minimum absolute atomic E-state index is 0.468.